The molecular weight excluding hydrogens is 244 g/mol. The van der Waals surface area contributed by atoms with Crippen LogP contribution in [-0.2, 0) is 6.54 Å². The molecule has 1 N–H and O–H groups in total. The van der Waals surface area contributed by atoms with Gasteiger partial charge in [0.1, 0.15) is 5.75 Å². The Morgan fingerprint density at radius 3 is 2.79 bits per heavy atom. The number of imidazole rings is 1. The molecule has 0 amide bonds. The average molecular weight is 256 g/mol. The van der Waals surface area contributed by atoms with Crippen molar-refractivity contribution in [2.45, 2.75) is 6.54 Å². The predicted molar refractivity (Wildman–Crippen MR) is 70.2 cm³/mol. The van der Waals surface area contributed by atoms with Gasteiger partial charge in [0.15, 0.2) is 11.2 Å². The van der Waals surface area contributed by atoms with E-state index in [4.69, 9.17) is 4.74 Å². The van der Waals surface area contributed by atoms with Crippen LogP contribution in [0.2, 0.25) is 0 Å². The molecule has 0 atom stereocenters. The molecule has 3 aromatic rings. The Balaban J connectivity index is 1.98. The first-order valence-electron chi connectivity index (χ1n) is 5.79. The van der Waals surface area contributed by atoms with E-state index in [1.54, 1.807) is 18.0 Å². The summed E-state index contributed by atoms with van der Waals surface area (Å²) in [5, 5.41) is 0. The number of fused-ring (bicyclic) bond motifs is 1. The number of hydrogen-bond acceptors (Lipinski definition) is 4. The third-order valence-corrected chi connectivity index (χ3v) is 2.93. The first-order chi connectivity index (χ1) is 9.28. The maximum atomic E-state index is 11.8. The van der Waals surface area contributed by atoms with E-state index in [1.165, 1.54) is 6.33 Å². The minimum atomic E-state index is -0.184. The van der Waals surface area contributed by atoms with Crippen LogP contribution in [0, 0.1) is 0 Å². The van der Waals surface area contributed by atoms with Crippen LogP contribution < -0.4 is 10.3 Å². The lowest BCUT2D eigenvalue weighted by Gasteiger charge is -2.05. The first-order valence-corrected chi connectivity index (χ1v) is 5.79. The summed E-state index contributed by atoms with van der Waals surface area (Å²) < 4.78 is 6.89. The highest BCUT2D eigenvalue weighted by atomic mass is 16.5. The molecule has 0 aliphatic heterocycles. The molecule has 0 unspecified atom stereocenters. The number of nitrogens with one attached hydrogen (secondary N) is 1. The van der Waals surface area contributed by atoms with Crippen molar-refractivity contribution in [1.29, 1.82) is 0 Å². The summed E-state index contributed by atoms with van der Waals surface area (Å²) in [5.74, 6) is 0.804. The molecular formula is C13H12N4O2. The fourth-order valence-corrected chi connectivity index (χ4v) is 1.97. The molecule has 6 heteroatoms. The van der Waals surface area contributed by atoms with E-state index in [2.05, 4.69) is 15.0 Å². The van der Waals surface area contributed by atoms with E-state index in [0.717, 1.165) is 11.3 Å². The van der Waals surface area contributed by atoms with Crippen molar-refractivity contribution in [2.24, 2.45) is 0 Å². The van der Waals surface area contributed by atoms with Gasteiger partial charge in [0.05, 0.1) is 19.8 Å². The Labute approximate surface area is 108 Å². The molecule has 19 heavy (non-hydrogen) atoms. The lowest BCUT2D eigenvalue weighted by molar-refractivity contribution is 0.414. The van der Waals surface area contributed by atoms with E-state index < -0.39 is 0 Å². The van der Waals surface area contributed by atoms with Gasteiger partial charge in [-0.25, -0.2) is 9.97 Å². The summed E-state index contributed by atoms with van der Waals surface area (Å²) >= 11 is 0. The van der Waals surface area contributed by atoms with Crippen LogP contribution in [0.5, 0.6) is 5.75 Å². The van der Waals surface area contributed by atoms with E-state index in [0.29, 0.717) is 17.7 Å². The van der Waals surface area contributed by atoms with Crippen LogP contribution in [0.1, 0.15) is 5.56 Å². The maximum Gasteiger partial charge on any atom is 0.276 e. The minimum Gasteiger partial charge on any atom is -0.497 e. The van der Waals surface area contributed by atoms with E-state index in [9.17, 15) is 4.79 Å². The van der Waals surface area contributed by atoms with Crippen LogP contribution in [0.25, 0.3) is 11.2 Å². The summed E-state index contributed by atoms with van der Waals surface area (Å²) in [5.41, 5.74) is 1.81. The number of nitrogens with zero attached hydrogens (tertiary/aromatic N) is 3. The Bertz CT molecular complexity index is 758. The molecule has 0 bridgehead atoms. The highest BCUT2D eigenvalue weighted by Gasteiger charge is 2.07. The number of ether oxygens (including phenoxy) is 1. The number of hydrogen-bond donors (Lipinski definition) is 1. The number of aromatic nitrogens is 4. The Hall–Kier alpha value is -2.63. The molecule has 0 aliphatic carbocycles. The Morgan fingerprint density at radius 2 is 2.05 bits per heavy atom. The standard InChI is InChI=1S/C13H12N4O2/c1-19-10-4-2-9(3-5-10)6-17-8-16-12-11(17)13(18)15-7-14-12/h2-5,7-8H,6H2,1H3,(H,14,15,18). The van der Waals surface area contributed by atoms with Crippen molar-refractivity contribution < 1.29 is 4.74 Å². The molecule has 0 saturated heterocycles. The fourth-order valence-electron chi connectivity index (χ4n) is 1.97. The molecule has 3 rings (SSSR count). The summed E-state index contributed by atoms with van der Waals surface area (Å²) in [6, 6.07) is 7.68. The normalized spacial score (nSPS) is 10.8. The van der Waals surface area contributed by atoms with Crippen LogP contribution in [-0.4, -0.2) is 26.6 Å². The molecule has 2 heterocycles. The fraction of sp³-hybridized carbons (Fsp3) is 0.154. The molecule has 0 saturated carbocycles. The Morgan fingerprint density at radius 1 is 1.26 bits per heavy atom. The second-order valence-corrected chi connectivity index (χ2v) is 4.12. The summed E-state index contributed by atoms with van der Waals surface area (Å²) in [4.78, 5) is 22.5. The topological polar surface area (TPSA) is 72.8 Å². The van der Waals surface area contributed by atoms with E-state index in [-0.39, 0.29) is 5.56 Å². The molecule has 2 aromatic heterocycles. The van der Waals surface area contributed by atoms with Gasteiger partial charge in [0.2, 0.25) is 0 Å². The van der Waals surface area contributed by atoms with Gasteiger partial charge in [-0.05, 0) is 17.7 Å². The molecule has 0 radical (unpaired) electrons. The van der Waals surface area contributed by atoms with Gasteiger partial charge in [-0.15, -0.1) is 0 Å². The monoisotopic (exact) mass is 256 g/mol. The Kier molecular flexibility index (Phi) is 2.75. The largest absolute Gasteiger partial charge is 0.497 e. The van der Waals surface area contributed by atoms with Crippen molar-refractivity contribution in [3.05, 3.63) is 52.8 Å². The van der Waals surface area contributed by atoms with Crippen LogP contribution >= 0.6 is 0 Å². The van der Waals surface area contributed by atoms with Crippen molar-refractivity contribution in [3.63, 3.8) is 0 Å². The van der Waals surface area contributed by atoms with Gasteiger partial charge in [0.25, 0.3) is 5.56 Å². The summed E-state index contributed by atoms with van der Waals surface area (Å²) in [6.45, 7) is 0.565. The highest BCUT2D eigenvalue weighted by Crippen LogP contribution is 2.13. The lowest BCUT2D eigenvalue weighted by Crippen LogP contribution is -2.11. The average Bonchev–Trinajstić information content (AvgIpc) is 2.84. The second kappa shape index (κ2) is 4.56. The van der Waals surface area contributed by atoms with Gasteiger partial charge in [-0.3, -0.25) is 4.79 Å². The number of rotatable bonds is 3. The molecule has 0 aliphatic rings. The number of methoxy groups -OCH3 is 1. The quantitative estimate of drug-likeness (QED) is 0.763. The summed E-state index contributed by atoms with van der Waals surface area (Å²) in [6.07, 6.45) is 2.98. The molecule has 1 aromatic carbocycles. The summed E-state index contributed by atoms with van der Waals surface area (Å²) in [7, 11) is 1.63. The van der Waals surface area contributed by atoms with Gasteiger partial charge in [0, 0.05) is 6.54 Å². The van der Waals surface area contributed by atoms with Crippen LogP contribution in [0.15, 0.2) is 41.7 Å². The van der Waals surface area contributed by atoms with Gasteiger partial charge < -0.3 is 14.3 Å². The third kappa shape index (κ3) is 2.08. The highest BCUT2D eigenvalue weighted by molar-refractivity contribution is 5.68. The number of benzene rings is 1. The molecule has 0 spiro atoms. The second-order valence-electron chi connectivity index (χ2n) is 4.12. The van der Waals surface area contributed by atoms with Crippen molar-refractivity contribution in [3.8, 4) is 5.75 Å². The molecule has 6 nitrogen and oxygen atoms in total. The van der Waals surface area contributed by atoms with Gasteiger partial charge in [-0.1, -0.05) is 12.1 Å². The zero-order valence-corrected chi connectivity index (χ0v) is 10.3. The van der Waals surface area contributed by atoms with Crippen molar-refractivity contribution >= 4 is 11.2 Å². The SMILES string of the molecule is COc1ccc(Cn2cnc3nc[nH]c(=O)c32)cc1. The lowest BCUT2D eigenvalue weighted by atomic mass is 10.2. The van der Waals surface area contributed by atoms with Crippen molar-refractivity contribution in [2.75, 3.05) is 7.11 Å². The molecule has 0 fully saturated rings. The number of H-pyrrole nitrogens is 1. The molecule has 96 valence electrons. The van der Waals surface area contributed by atoms with Crippen molar-refractivity contribution in [1.82, 2.24) is 19.5 Å². The maximum absolute atomic E-state index is 11.8. The zero-order chi connectivity index (χ0) is 13.2. The third-order valence-electron chi connectivity index (χ3n) is 2.93. The van der Waals surface area contributed by atoms with Crippen LogP contribution in [0.4, 0.5) is 0 Å². The number of aromatic amines is 1. The van der Waals surface area contributed by atoms with Crippen LogP contribution in [0.3, 0.4) is 0 Å². The minimum absolute atomic E-state index is 0.184. The van der Waals surface area contributed by atoms with Gasteiger partial charge >= 0.3 is 0 Å². The predicted octanol–water partition coefficient (Wildman–Crippen LogP) is 1.18. The van der Waals surface area contributed by atoms with Gasteiger partial charge in [-0.2, -0.15) is 0 Å². The zero-order valence-electron chi connectivity index (χ0n) is 10.3. The van der Waals surface area contributed by atoms with E-state index in [1.807, 2.05) is 24.3 Å². The smallest absolute Gasteiger partial charge is 0.276 e. The first kappa shape index (κ1) is 11.5. The van der Waals surface area contributed by atoms with E-state index >= 15 is 0 Å².